The molecular weight excluding hydrogens is 360 g/mol. The smallest absolute Gasteiger partial charge is 0.171 e. The number of Topliss-reactive ketones (excluding diaryl/α,β-unsaturated/α-hetero) is 1. The van der Waals surface area contributed by atoms with Gasteiger partial charge in [0.25, 0.3) is 0 Å². The fourth-order valence-corrected chi connectivity index (χ4v) is 3.29. The van der Waals surface area contributed by atoms with E-state index in [4.69, 9.17) is 33.3 Å². The van der Waals surface area contributed by atoms with E-state index < -0.39 is 6.04 Å². The van der Waals surface area contributed by atoms with Crippen molar-refractivity contribution >= 4 is 34.7 Å². The first-order chi connectivity index (χ1) is 11.9. The molecule has 0 aromatic heterocycles. The van der Waals surface area contributed by atoms with Crippen molar-refractivity contribution in [2.45, 2.75) is 40.2 Å². The Hall–Kier alpha value is -1.79. The third kappa shape index (κ3) is 4.44. The van der Waals surface area contributed by atoms with Gasteiger partial charge in [0.05, 0.1) is 24.3 Å². The minimum atomic E-state index is -0.432. The first-order valence-electron chi connectivity index (χ1n) is 8.27. The van der Waals surface area contributed by atoms with E-state index in [0.717, 1.165) is 17.7 Å². The Bertz CT molecular complexity index is 719. The highest BCUT2D eigenvalue weighted by molar-refractivity contribution is 7.80. The van der Waals surface area contributed by atoms with Crippen LogP contribution in [-0.2, 0) is 4.79 Å². The summed E-state index contributed by atoms with van der Waals surface area (Å²) >= 11 is 11.7. The Morgan fingerprint density at radius 1 is 1.28 bits per heavy atom. The van der Waals surface area contributed by atoms with Gasteiger partial charge in [-0.15, -0.1) is 0 Å². The number of ketones is 1. The van der Waals surface area contributed by atoms with Crippen LogP contribution >= 0.6 is 23.8 Å². The minimum Gasteiger partial charge on any atom is -0.490 e. The topological polar surface area (TPSA) is 59.6 Å². The number of allylic oxidation sites excluding steroid dienone is 1. The Kier molecular flexibility index (Phi) is 6.67. The predicted octanol–water partition coefficient (Wildman–Crippen LogP) is 3.91. The van der Waals surface area contributed by atoms with Gasteiger partial charge in [0.1, 0.15) is 0 Å². The van der Waals surface area contributed by atoms with Gasteiger partial charge in [0, 0.05) is 22.9 Å². The van der Waals surface area contributed by atoms with Crippen LogP contribution in [0.25, 0.3) is 0 Å². The molecule has 0 bridgehead atoms. The van der Waals surface area contributed by atoms with E-state index in [0.29, 0.717) is 40.4 Å². The second-order valence-corrected chi connectivity index (χ2v) is 6.54. The Balaban J connectivity index is 2.53. The summed E-state index contributed by atoms with van der Waals surface area (Å²) in [4.78, 5) is 12.1. The van der Waals surface area contributed by atoms with Crippen LogP contribution in [0.5, 0.6) is 11.5 Å². The van der Waals surface area contributed by atoms with Crippen molar-refractivity contribution in [3.63, 3.8) is 0 Å². The van der Waals surface area contributed by atoms with E-state index in [1.165, 1.54) is 6.92 Å². The molecular formula is C18H23ClN2O3S. The molecule has 2 N–H and O–H groups in total. The number of halogens is 1. The van der Waals surface area contributed by atoms with Crippen LogP contribution in [0.4, 0.5) is 0 Å². The molecule has 0 saturated heterocycles. The standard InChI is InChI=1S/C18H23ClN2O3S/c1-5-7-24-15-9-13(19)12(8-14(15)23-6-2)17-16(11(4)22)10(3)20-18(25)21-17/h8-9,17H,5-7H2,1-4H3,(H2,20,21,25)/t17-/m1/s1. The lowest BCUT2D eigenvalue weighted by atomic mass is 9.93. The zero-order chi connectivity index (χ0) is 18.6. The lowest BCUT2D eigenvalue weighted by Crippen LogP contribution is -2.44. The zero-order valence-corrected chi connectivity index (χ0v) is 16.4. The SMILES string of the molecule is CCCOc1cc(Cl)c([C@H]2NC(=S)NC(C)=C2C(C)=O)cc1OCC. The van der Waals surface area contributed by atoms with Crippen molar-refractivity contribution in [2.75, 3.05) is 13.2 Å². The lowest BCUT2D eigenvalue weighted by molar-refractivity contribution is -0.114. The first kappa shape index (κ1) is 19.5. The highest BCUT2D eigenvalue weighted by Gasteiger charge is 2.30. The molecule has 2 rings (SSSR count). The quantitative estimate of drug-likeness (QED) is 0.697. The lowest BCUT2D eigenvalue weighted by Gasteiger charge is -2.30. The van der Waals surface area contributed by atoms with Gasteiger partial charge in [-0.1, -0.05) is 18.5 Å². The van der Waals surface area contributed by atoms with Gasteiger partial charge in [-0.2, -0.15) is 0 Å². The second-order valence-electron chi connectivity index (χ2n) is 5.73. The van der Waals surface area contributed by atoms with E-state index in [9.17, 15) is 4.79 Å². The van der Waals surface area contributed by atoms with Crippen LogP contribution in [0.15, 0.2) is 23.4 Å². The molecule has 1 heterocycles. The van der Waals surface area contributed by atoms with Crippen LogP contribution in [0, 0.1) is 0 Å². The van der Waals surface area contributed by atoms with Gasteiger partial charge < -0.3 is 20.1 Å². The van der Waals surface area contributed by atoms with Gasteiger partial charge in [-0.3, -0.25) is 4.79 Å². The maximum absolute atomic E-state index is 12.1. The predicted molar refractivity (Wildman–Crippen MR) is 103 cm³/mol. The van der Waals surface area contributed by atoms with Gasteiger partial charge >= 0.3 is 0 Å². The Morgan fingerprint density at radius 3 is 2.56 bits per heavy atom. The molecule has 1 atom stereocenters. The molecule has 0 unspecified atom stereocenters. The number of nitrogens with one attached hydrogen (secondary N) is 2. The zero-order valence-electron chi connectivity index (χ0n) is 14.9. The fourth-order valence-electron chi connectivity index (χ4n) is 2.76. The third-order valence-corrected chi connectivity index (χ3v) is 4.33. The van der Waals surface area contributed by atoms with Gasteiger partial charge in [0.15, 0.2) is 22.4 Å². The molecule has 1 aliphatic heterocycles. The number of hydrogen-bond donors (Lipinski definition) is 2. The van der Waals surface area contributed by atoms with Crippen LogP contribution in [0.1, 0.15) is 45.7 Å². The molecule has 136 valence electrons. The number of ether oxygens (including phenoxy) is 2. The van der Waals surface area contributed by atoms with Gasteiger partial charge in [-0.05, 0) is 45.5 Å². The first-order valence-corrected chi connectivity index (χ1v) is 9.05. The fraction of sp³-hybridized carbons (Fsp3) is 0.444. The monoisotopic (exact) mass is 382 g/mol. The van der Waals surface area contributed by atoms with Crippen molar-refractivity contribution in [1.29, 1.82) is 0 Å². The van der Waals surface area contributed by atoms with Crippen LogP contribution in [0.2, 0.25) is 5.02 Å². The molecule has 0 fully saturated rings. The molecule has 0 saturated carbocycles. The molecule has 25 heavy (non-hydrogen) atoms. The average molecular weight is 383 g/mol. The van der Waals surface area contributed by atoms with E-state index in [1.54, 1.807) is 6.07 Å². The maximum Gasteiger partial charge on any atom is 0.171 e. The van der Waals surface area contributed by atoms with Crippen LogP contribution in [-0.4, -0.2) is 24.1 Å². The molecule has 0 spiro atoms. The van der Waals surface area contributed by atoms with Crippen molar-refractivity contribution < 1.29 is 14.3 Å². The molecule has 1 aromatic carbocycles. The molecule has 7 heteroatoms. The molecule has 5 nitrogen and oxygen atoms in total. The summed E-state index contributed by atoms with van der Waals surface area (Å²) in [5.41, 5.74) is 2.05. The highest BCUT2D eigenvalue weighted by Crippen LogP contribution is 2.39. The number of hydrogen-bond acceptors (Lipinski definition) is 4. The third-order valence-electron chi connectivity index (χ3n) is 3.78. The summed E-state index contributed by atoms with van der Waals surface area (Å²) in [7, 11) is 0. The minimum absolute atomic E-state index is 0.0506. The molecule has 1 aromatic rings. The largest absolute Gasteiger partial charge is 0.490 e. The van der Waals surface area contributed by atoms with Crippen molar-refractivity contribution in [1.82, 2.24) is 10.6 Å². The molecule has 0 aliphatic carbocycles. The van der Waals surface area contributed by atoms with Gasteiger partial charge in [-0.25, -0.2) is 0 Å². The van der Waals surface area contributed by atoms with Crippen molar-refractivity contribution in [2.24, 2.45) is 0 Å². The molecule has 0 radical (unpaired) electrons. The van der Waals surface area contributed by atoms with E-state index in [2.05, 4.69) is 10.6 Å². The number of rotatable bonds is 7. The van der Waals surface area contributed by atoms with Crippen molar-refractivity contribution in [3.05, 3.63) is 34.0 Å². The van der Waals surface area contributed by atoms with Crippen LogP contribution in [0.3, 0.4) is 0 Å². The van der Waals surface area contributed by atoms with E-state index >= 15 is 0 Å². The number of thiocarbonyl (C=S) groups is 1. The normalized spacial score (nSPS) is 17.0. The van der Waals surface area contributed by atoms with Gasteiger partial charge in [0.2, 0.25) is 0 Å². The number of carbonyl (C=O) groups is 1. The summed E-state index contributed by atoms with van der Waals surface area (Å²) in [6.07, 6.45) is 0.880. The summed E-state index contributed by atoms with van der Waals surface area (Å²) in [6, 6.07) is 3.12. The average Bonchev–Trinajstić information content (AvgIpc) is 2.53. The maximum atomic E-state index is 12.1. The van der Waals surface area contributed by atoms with E-state index in [-0.39, 0.29) is 5.78 Å². The summed E-state index contributed by atoms with van der Waals surface area (Å²) in [5, 5.41) is 7.06. The summed E-state index contributed by atoms with van der Waals surface area (Å²) in [6.45, 7) is 8.36. The summed E-state index contributed by atoms with van der Waals surface area (Å²) in [5.74, 6) is 1.14. The Labute approximate surface area is 158 Å². The molecule has 0 amide bonds. The molecule has 1 aliphatic rings. The number of carbonyl (C=O) groups excluding carboxylic acids is 1. The van der Waals surface area contributed by atoms with Crippen LogP contribution < -0.4 is 20.1 Å². The second kappa shape index (κ2) is 8.54. The highest BCUT2D eigenvalue weighted by atomic mass is 35.5. The van der Waals surface area contributed by atoms with E-state index in [1.807, 2.05) is 26.8 Å². The van der Waals surface area contributed by atoms with Crippen molar-refractivity contribution in [3.8, 4) is 11.5 Å². The number of benzene rings is 1. The summed E-state index contributed by atoms with van der Waals surface area (Å²) < 4.78 is 11.4. The Morgan fingerprint density at radius 2 is 1.96 bits per heavy atom.